The van der Waals surface area contributed by atoms with Crippen LogP contribution in [-0.4, -0.2) is 41.6 Å². The van der Waals surface area contributed by atoms with Gasteiger partial charge in [0.15, 0.2) is 0 Å². The predicted octanol–water partition coefficient (Wildman–Crippen LogP) is 2.26. The maximum absolute atomic E-state index is 12.8. The number of fused-ring (bicyclic) bond motifs is 1. The number of hydrogen-bond donors (Lipinski definition) is 1. The van der Waals surface area contributed by atoms with Crippen LogP contribution >= 0.6 is 24.0 Å². The van der Waals surface area contributed by atoms with E-state index in [1.165, 1.54) is 6.07 Å². The summed E-state index contributed by atoms with van der Waals surface area (Å²) in [6.07, 6.45) is 1.65. The second-order valence-corrected chi connectivity index (χ2v) is 7.27. The molecule has 5 nitrogen and oxygen atoms in total. The summed E-state index contributed by atoms with van der Waals surface area (Å²) in [7, 11) is 0. The largest absolute Gasteiger partial charge is 0.338 e. The molecule has 3 heterocycles. The van der Waals surface area contributed by atoms with Crippen LogP contribution in [0.25, 0.3) is 0 Å². The fraction of sp³-hybridized carbons (Fsp3) is 0.368. The number of likely N-dealkylation sites (tertiary alicyclic amines) is 1. The van der Waals surface area contributed by atoms with Gasteiger partial charge in [-0.05, 0) is 29.5 Å². The number of nitrogens with one attached hydrogen (secondary N) is 1. The molecule has 7 heteroatoms. The molecule has 0 spiro atoms. The highest BCUT2D eigenvalue weighted by atomic mass is 35.5. The van der Waals surface area contributed by atoms with Crippen molar-refractivity contribution >= 4 is 29.9 Å². The molecule has 2 aliphatic rings. The molecule has 26 heavy (non-hydrogen) atoms. The molecule has 1 aromatic heterocycles. The van der Waals surface area contributed by atoms with E-state index in [4.69, 9.17) is 11.6 Å². The van der Waals surface area contributed by atoms with Crippen LogP contribution in [0.3, 0.4) is 0 Å². The molecule has 138 valence electrons. The molecule has 1 aromatic carbocycles. The third kappa shape index (κ3) is 3.65. The van der Waals surface area contributed by atoms with E-state index in [0.717, 1.165) is 31.7 Å². The van der Waals surface area contributed by atoms with Crippen molar-refractivity contribution in [2.45, 2.75) is 6.54 Å². The van der Waals surface area contributed by atoms with Gasteiger partial charge in [-0.3, -0.25) is 9.59 Å². The Bertz CT molecular complexity index is 856. The summed E-state index contributed by atoms with van der Waals surface area (Å²) in [5.41, 5.74) is 1.27. The van der Waals surface area contributed by atoms with Crippen LogP contribution in [0.15, 0.2) is 47.4 Å². The molecule has 1 N–H and O–H groups in total. The van der Waals surface area contributed by atoms with Crippen molar-refractivity contribution in [3.63, 3.8) is 0 Å². The lowest BCUT2D eigenvalue weighted by Crippen LogP contribution is -2.33. The number of pyridine rings is 1. The summed E-state index contributed by atoms with van der Waals surface area (Å²) >= 11 is 6.19. The number of aromatic nitrogens is 1. The van der Waals surface area contributed by atoms with E-state index in [-0.39, 0.29) is 23.9 Å². The summed E-state index contributed by atoms with van der Waals surface area (Å²) in [5.74, 6) is 1.11. The first-order chi connectivity index (χ1) is 12.1. The zero-order chi connectivity index (χ0) is 17.4. The molecule has 2 aromatic rings. The van der Waals surface area contributed by atoms with E-state index in [0.29, 0.717) is 29.0 Å². The van der Waals surface area contributed by atoms with Gasteiger partial charge in [-0.1, -0.05) is 29.8 Å². The van der Waals surface area contributed by atoms with Crippen LogP contribution in [-0.2, 0) is 6.54 Å². The molecule has 0 radical (unpaired) electrons. The van der Waals surface area contributed by atoms with Gasteiger partial charge in [-0.15, -0.1) is 12.4 Å². The first kappa shape index (κ1) is 19.0. The quantitative estimate of drug-likeness (QED) is 0.869. The topological polar surface area (TPSA) is 54.3 Å². The summed E-state index contributed by atoms with van der Waals surface area (Å²) < 4.78 is 1.55. The number of nitrogens with zero attached hydrogens (tertiary/aromatic N) is 2. The summed E-state index contributed by atoms with van der Waals surface area (Å²) in [4.78, 5) is 26.9. The Hall–Kier alpha value is -1.82. The first-order valence-corrected chi connectivity index (χ1v) is 8.93. The standard InChI is InChI=1S/C19H20ClN3O2.ClH/c20-17-4-2-1-3-13(17)9-22-10-14(5-6-18(22)24)19(25)23-11-15-7-21-8-16(15)12-23;/h1-6,10,15-16,21H,7-9,11-12H2;1H/t15-,16+;. The predicted molar refractivity (Wildman–Crippen MR) is 104 cm³/mol. The molecule has 0 aliphatic carbocycles. The van der Waals surface area contributed by atoms with E-state index in [9.17, 15) is 9.59 Å². The highest BCUT2D eigenvalue weighted by molar-refractivity contribution is 6.31. The molecule has 2 fully saturated rings. The van der Waals surface area contributed by atoms with Crippen molar-refractivity contribution in [2.75, 3.05) is 26.2 Å². The number of rotatable bonds is 3. The summed E-state index contributed by atoms with van der Waals surface area (Å²) in [6.45, 7) is 3.91. The third-order valence-electron chi connectivity index (χ3n) is 5.21. The van der Waals surface area contributed by atoms with E-state index in [2.05, 4.69) is 5.32 Å². The molecule has 0 bridgehead atoms. The second-order valence-electron chi connectivity index (χ2n) is 6.86. The third-order valence-corrected chi connectivity index (χ3v) is 5.57. The number of carbonyl (C=O) groups excluding carboxylic acids is 1. The molecule has 2 saturated heterocycles. The van der Waals surface area contributed by atoms with Gasteiger partial charge in [0, 0.05) is 43.5 Å². The van der Waals surface area contributed by atoms with Gasteiger partial charge < -0.3 is 14.8 Å². The van der Waals surface area contributed by atoms with Gasteiger partial charge in [0.2, 0.25) is 0 Å². The smallest absolute Gasteiger partial charge is 0.255 e. The molecule has 0 unspecified atom stereocenters. The van der Waals surface area contributed by atoms with Crippen LogP contribution in [0.4, 0.5) is 0 Å². The van der Waals surface area contributed by atoms with Crippen LogP contribution in [0.2, 0.25) is 5.02 Å². The minimum Gasteiger partial charge on any atom is -0.338 e. The zero-order valence-corrected chi connectivity index (χ0v) is 15.8. The Morgan fingerprint density at radius 3 is 2.50 bits per heavy atom. The molecule has 1 amide bonds. The average Bonchev–Trinajstić information content (AvgIpc) is 3.20. The van der Waals surface area contributed by atoms with Crippen LogP contribution < -0.4 is 10.9 Å². The maximum Gasteiger partial charge on any atom is 0.255 e. The minimum atomic E-state index is -0.140. The summed E-state index contributed by atoms with van der Waals surface area (Å²) in [6, 6.07) is 10.5. The van der Waals surface area contributed by atoms with Gasteiger partial charge in [-0.25, -0.2) is 0 Å². The Balaban J connectivity index is 0.00000196. The van der Waals surface area contributed by atoms with Gasteiger partial charge in [-0.2, -0.15) is 0 Å². The Kier molecular flexibility index (Phi) is 5.70. The minimum absolute atomic E-state index is 0. The molecule has 2 atom stereocenters. The highest BCUT2D eigenvalue weighted by Gasteiger charge is 2.38. The average molecular weight is 394 g/mol. The Labute approximate surface area is 163 Å². The molecule has 4 rings (SSSR count). The fourth-order valence-electron chi connectivity index (χ4n) is 3.80. The van der Waals surface area contributed by atoms with Crippen LogP contribution in [0.1, 0.15) is 15.9 Å². The SMILES string of the molecule is Cl.O=C(c1ccc(=O)n(Cc2ccccc2Cl)c1)N1C[C@H]2CNC[C@H]2C1. The number of hydrogen-bond acceptors (Lipinski definition) is 3. The fourth-order valence-corrected chi connectivity index (χ4v) is 3.99. The van der Waals surface area contributed by atoms with Gasteiger partial charge in [0.05, 0.1) is 12.1 Å². The van der Waals surface area contributed by atoms with Crippen molar-refractivity contribution in [3.8, 4) is 0 Å². The van der Waals surface area contributed by atoms with Crippen molar-refractivity contribution in [1.29, 1.82) is 0 Å². The van der Waals surface area contributed by atoms with Crippen molar-refractivity contribution in [2.24, 2.45) is 11.8 Å². The Morgan fingerprint density at radius 2 is 1.81 bits per heavy atom. The first-order valence-electron chi connectivity index (χ1n) is 8.56. The molecule has 0 saturated carbocycles. The zero-order valence-electron chi connectivity index (χ0n) is 14.2. The number of carbonyl (C=O) groups is 1. The van der Waals surface area contributed by atoms with E-state index < -0.39 is 0 Å². The number of halogens is 2. The lowest BCUT2D eigenvalue weighted by atomic mass is 10.0. The molecular weight excluding hydrogens is 373 g/mol. The second kappa shape index (κ2) is 7.82. The van der Waals surface area contributed by atoms with Gasteiger partial charge in [0.25, 0.3) is 11.5 Å². The highest BCUT2D eigenvalue weighted by Crippen LogP contribution is 2.27. The lowest BCUT2D eigenvalue weighted by Gasteiger charge is -2.18. The number of benzene rings is 1. The lowest BCUT2D eigenvalue weighted by molar-refractivity contribution is 0.0780. The van der Waals surface area contributed by atoms with E-state index >= 15 is 0 Å². The van der Waals surface area contributed by atoms with E-state index in [1.54, 1.807) is 22.9 Å². The monoisotopic (exact) mass is 393 g/mol. The van der Waals surface area contributed by atoms with Gasteiger partial charge >= 0.3 is 0 Å². The van der Waals surface area contributed by atoms with E-state index in [1.807, 2.05) is 23.1 Å². The van der Waals surface area contributed by atoms with Crippen molar-refractivity contribution < 1.29 is 4.79 Å². The van der Waals surface area contributed by atoms with Crippen molar-refractivity contribution in [1.82, 2.24) is 14.8 Å². The normalized spacial score (nSPS) is 21.3. The maximum atomic E-state index is 12.8. The van der Waals surface area contributed by atoms with Crippen LogP contribution in [0.5, 0.6) is 0 Å². The molecular formula is C19H21Cl2N3O2. The van der Waals surface area contributed by atoms with Crippen LogP contribution in [0, 0.1) is 11.8 Å². The van der Waals surface area contributed by atoms with Crippen molar-refractivity contribution in [3.05, 3.63) is 69.1 Å². The summed E-state index contributed by atoms with van der Waals surface area (Å²) in [5, 5.41) is 3.99. The number of amides is 1. The molecule has 2 aliphatic heterocycles. The van der Waals surface area contributed by atoms with Gasteiger partial charge in [0.1, 0.15) is 0 Å². The Morgan fingerprint density at radius 1 is 1.12 bits per heavy atom.